The van der Waals surface area contributed by atoms with Gasteiger partial charge in [-0.25, -0.2) is 13.8 Å². The number of aryl methyl sites for hydroxylation is 1. The van der Waals surface area contributed by atoms with Crippen molar-refractivity contribution in [2.75, 3.05) is 24.5 Å². The van der Waals surface area contributed by atoms with Crippen molar-refractivity contribution in [3.8, 4) is 11.1 Å². The zero-order valence-electron chi connectivity index (χ0n) is 20.2. The van der Waals surface area contributed by atoms with Gasteiger partial charge in [0, 0.05) is 23.9 Å². The lowest BCUT2D eigenvalue weighted by atomic mass is 9.86. The fourth-order valence-corrected chi connectivity index (χ4v) is 4.03. The number of aliphatic imine (C=N–C) groups is 1. The Balaban J connectivity index is 1.49. The first kappa shape index (κ1) is 24.3. The quantitative estimate of drug-likeness (QED) is 0.389. The van der Waals surface area contributed by atoms with E-state index in [1.165, 1.54) is 25.3 Å². The van der Waals surface area contributed by atoms with Gasteiger partial charge in [0.1, 0.15) is 5.82 Å². The molecule has 0 N–H and O–H groups in total. The Hall–Kier alpha value is -2.30. The summed E-state index contributed by atoms with van der Waals surface area (Å²) in [6.45, 7) is 13.2. The Kier molecular flexibility index (Phi) is 8.02. The second-order valence-electron chi connectivity index (χ2n) is 10.3. The van der Waals surface area contributed by atoms with Gasteiger partial charge >= 0.3 is 0 Å². The van der Waals surface area contributed by atoms with Gasteiger partial charge in [-0.2, -0.15) is 0 Å². The zero-order chi connectivity index (χ0) is 23.3. The fourth-order valence-electron chi connectivity index (χ4n) is 4.03. The molecule has 1 aromatic carbocycles. The lowest BCUT2D eigenvalue weighted by Crippen LogP contribution is -2.48. The number of nitrogens with zero attached hydrogens (tertiary/aromatic N) is 3. The maximum atomic E-state index is 14.7. The highest BCUT2D eigenvalue weighted by molar-refractivity contribution is 5.99. The van der Waals surface area contributed by atoms with Crippen LogP contribution in [0.25, 0.3) is 11.1 Å². The molecule has 1 unspecified atom stereocenters. The van der Waals surface area contributed by atoms with E-state index in [2.05, 4.69) is 37.7 Å². The topological polar surface area (TPSA) is 28.5 Å². The third kappa shape index (κ3) is 6.36. The number of pyridine rings is 1. The normalized spacial score (nSPS) is 15.0. The van der Waals surface area contributed by atoms with E-state index < -0.39 is 5.82 Å². The summed E-state index contributed by atoms with van der Waals surface area (Å²) in [6.07, 6.45) is 6.97. The van der Waals surface area contributed by atoms with Gasteiger partial charge in [0.25, 0.3) is 0 Å². The predicted octanol–water partition coefficient (Wildman–Crippen LogP) is 7.09. The van der Waals surface area contributed by atoms with Crippen molar-refractivity contribution in [3.63, 3.8) is 0 Å². The lowest BCUT2D eigenvalue weighted by Gasteiger charge is -2.34. The van der Waals surface area contributed by atoms with Crippen LogP contribution in [0.4, 0.5) is 14.6 Å². The molecule has 1 aromatic heterocycles. The van der Waals surface area contributed by atoms with Gasteiger partial charge in [-0.1, -0.05) is 59.2 Å². The summed E-state index contributed by atoms with van der Waals surface area (Å²) in [4.78, 5) is 10.9. The minimum Gasteiger partial charge on any atom is -0.343 e. The molecule has 2 aromatic rings. The molecule has 1 saturated heterocycles. The fraction of sp³-hybridized carbons (Fsp3) is 0.556. The average Bonchev–Trinajstić information content (AvgIpc) is 2.71. The molecule has 0 bridgehead atoms. The number of hydrogen-bond donors (Lipinski definition) is 0. The van der Waals surface area contributed by atoms with Crippen molar-refractivity contribution in [2.24, 2.45) is 16.3 Å². The number of aromatic nitrogens is 1. The molecule has 0 amide bonds. The van der Waals surface area contributed by atoms with E-state index in [1.54, 1.807) is 24.4 Å². The van der Waals surface area contributed by atoms with Gasteiger partial charge in [-0.3, -0.25) is 4.99 Å². The van der Waals surface area contributed by atoms with Gasteiger partial charge in [0.15, 0.2) is 11.6 Å². The smallest absolute Gasteiger partial charge is 0.166 e. The third-order valence-electron chi connectivity index (χ3n) is 6.22. The summed E-state index contributed by atoms with van der Waals surface area (Å²) in [5.41, 5.74) is 2.98. The second kappa shape index (κ2) is 10.5. The van der Waals surface area contributed by atoms with Crippen LogP contribution in [0, 0.1) is 23.0 Å². The summed E-state index contributed by atoms with van der Waals surface area (Å²) < 4.78 is 29.3. The molecule has 2 heterocycles. The Bertz CT molecular complexity index is 938. The largest absolute Gasteiger partial charge is 0.343 e. The molecule has 1 aliphatic rings. The number of benzene rings is 1. The molecule has 5 heteroatoms. The highest BCUT2D eigenvalue weighted by Gasteiger charge is 2.26. The Labute approximate surface area is 192 Å². The van der Waals surface area contributed by atoms with Crippen molar-refractivity contribution in [1.29, 1.82) is 0 Å². The Morgan fingerprint density at radius 3 is 2.56 bits per heavy atom. The van der Waals surface area contributed by atoms with E-state index in [1.807, 2.05) is 11.8 Å². The highest BCUT2D eigenvalue weighted by Crippen LogP contribution is 2.29. The van der Waals surface area contributed by atoms with Crippen LogP contribution >= 0.6 is 0 Å². The van der Waals surface area contributed by atoms with Crippen LogP contribution in [-0.4, -0.2) is 30.3 Å². The second-order valence-corrected chi connectivity index (χ2v) is 10.3. The third-order valence-corrected chi connectivity index (χ3v) is 6.22. The molecule has 3 rings (SSSR count). The zero-order valence-corrected chi connectivity index (χ0v) is 20.2. The first-order valence-corrected chi connectivity index (χ1v) is 11.9. The van der Waals surface area contributed by atoms with Gasteiger partial charge in [0.2, 0.25) is 0 Å². The van der Waals surface area contributed by atoms with Gasteiger partial charge in [-0.05, 0) is 48.6 Å². The maximum absolute atomic E-state index is 14.7. The first-order valence-electron chi connectivity index (χ1n) is 11.9. The van der Waals surface area contributed by atoms with Crippen LogP contribution in [0.15, 0.2) is 35.5 Å². The summed E-state index contributed by atoms with van der Waals surface area (Å²) >= 11 is 0. The van der Waals surface area contributed by atoms with E-state index in [0.29, 0.717) is 47.4 Å². The summed E-state index contributed by atoms with van der Waals surface area (Å²) in [6, 6.07) is 6.61. The molecule has 1 atom stereocenters. The lowest BCUT2D eigenvalue weighted by molar-refractivity contribution is 0.321. The van der Waals surface area contributed by atoms with E-state index >= 15 is 0 Å². The summed E-state index contributed by atoms with van der Waals surface area (Å²) in [5, 5.41) is 0. The summed E-state index contributed by atoms with van der Waals surface area (Å²) in [5.74, 6) is 0.327. The monoisotopic (exact) mass is 441 g/mol. The minimum absolute atomic E-state index is 0.296. The van der Waals surface area contributed by atoms with E-state index in [-0.39, 0.29) is 5.82 Å². The Morgan fingerprint density at radius 1 is 1.16 bits per heavy atom. The SMILES string of the molecule is CCc1cccc(-c2cnc(N3CC(=NCCCC(C)CCC(C)(C)C)C3)c(F)c2)c1F. The first-order chi connectivity index (χ1) is 15.2. The van der Waals surface area contributed by atoms with E-state index in [0.717, 1.165) is 24.6 Å². The molecule has 0 radical (unpaired) electrons. The van der Waals surface area contributed by atoms with Gasteiger partial charge < -0.3 is 4.90 Å². The predicted molar refractivity (Wildman–Crippen MR) is 131 cm³/mol. The van der Waals surface area contributed by atoms with Crippen molar-refractivity contribution >= 4 is 11.5 Å². The number of anilines is 1. The van der Waals surface area contributed by atoms with Crippen molar-refractivity contribution in [1.82, 2.24) is 4.98 Å². The standard InChI is InChI=1S/C27H37F2N3/c1-6-20-10-7-11-23(25(20)29)21-15-24(28)26(31-16-21)32-17-22(18-32)30-14-8-9-19(2)12-13-27(3,4)5/h7,10-11,15-16,19H,6,8-9,12-14,17-18H2,1-5H3. The molecule has 1 aliphatic heterocycles. The van der Waals surface area contributed by atoms with E-state index in [4.69, 9.17) is 0 Å². The van der Waals surface area contributed by atoms with Crippen molar-refractivity contribution < 1.29 is 8.78 Å². The van der Waals surface area contributed by atoms with Crippen LogP contribution in [-0.2, 0) is 6.42 Å². The van der Waals surface area contributed by atoms with Crippen molar-refractivity contribution in [2.45, 2.75) is 66.7 Å². The van der Waals surface area contributed by atoms with Crippen LogP contribution < -0.4 is 4.90 Å². The molecule has 0 saturated carbocycles. The van der Waals surface area contributed by atoms with Crippen LogP contribution in [0.3, 0.4) is 0 Å². The molecule has 3 nitrogen and oxygen atoms in total. The number of halogens is 2. The Morgan fingerprint density at radius 2 is 1.91 bits per heavy atom. The molecular formula is C27H37F2N3. The molecule has 1 fully saturated rings. The molecule has 0 aliphatic carbocycles. The molecule has 32 heavy (non-hydrogen) atoms. The molecule has 0 spiro atoms. The average molecular weight is 442 g/mol. The number of rotatable bonds is 9. The summed E-state index contributed by atoms with van der Waals surface area (Å²) in [7, 11) is 0. The maximum Gasteiger partial charge on any atom is 0.166 e. The van der Waals surface area contributed by atoms with Crippen LogP contribution in [0.1, 0.15) is 65.9 Å². The van der Waals surface area contributed by atoms with Crippen LogP contribution in [0.5, 0.6) is 0 Å². The molecule has 174 valence electrons. The minimum atomic E-state index is -0.421. The van der Waals surface area contributed by atoms with Crippen molar-refractivity contribution in [3.05, 3.63) is 47.7 Å². The number of hydrogen-bond acceptors (Lipinski definition) is 3. The van der Waals surface area contributed by atoms with Crippen LogP contribution in [0.2, 0.25) is 0 Å². The molecular weight excluding hydrogens is 404 g/mol. The highest BCUT2D eigenvalue weighted by atomic mass is 19.1. The van der Waals surface area contributed by atoms with Gasteiger partial charge in [0.05, 0.1) is 18.8 Å². The van der Waals surface area contributed by atoms with E-state index in [9.17, 15) is 8.78 Å². The van der Waals surface area contributed by atoms with Gasteiger partial charge in [-0.15, -0.1) is 0 Å².